The molecule has 2 N–H and O–H groups in total. The molecular formula is C15H24F3N3O2. The molecule has 0 aromatic heterocycles. The Labute approximate surface area is 133 Å². The van der Waals surface area contributed by atoms with Crippen molar-refractivity contribution in [1.82, 2.24) is 15.5 Å². The van der Waals surface area contributed by atoms with Gasteiger partial charge in [-0.1, -0.05) is 0 Å². The van der Waals surface area contributed by atoms with Crippen LogP contribution in [-0.2, 0) is 4.74 Å². The fourth-order valence-electron chi connectivity index (χ4n) is 3.52. The molecule has 8 heteroatoms. The number of amides is 2. The zero-order chi connectivity index (χ0) is 16.4. The summed E-state index contributed by atoms with van der Waals surface area (Å²) < 4.78 is 42.8. The standard InChI is InChI=1S/C15H24F3N3O2/c16-15(17,18)9-21-5-3-12(8-21)20-14(22)19-11-4-6-23-13(7-11)10-1-2-10/h10-13H,1-9H2,(H2,19,20,22). The number of ether oxygens (including phenoxy) is 1. The smallest absolute Gasteiger partial charge is 0.378 e. The van der Waals surface area contributed by atoms with Crippen LogP contribution in [0.3, 0.4) is 0 Å². The molecule has 3 unspecified atom stereocenters. The van der Waals surface area contributed by atoms with E-state index in [0.717, 1.165) is 12.8 Å². The van der Waals surface area contributed by atoms with Crippen LogP contribution in [0.2, 0.25) is 0 Å². The summed E-state index contributed by atoms with van der Waals surface area (Å²) in [6.07, 6.45) is 0.674. The van der Waals surface area contributed by atoms with Gasteiger partial charge in [-0.15, -0.1) is 0 Å². The molecule has 3 rings (SSSR count). The van der Waals surface area contributed by atoms with Gasteiger partial charge in [-0.25, -0.2) is 4.79 Å². The molecule has 0 radical (unpaired) electrons. The van der Waals surface area contributed by atoms with E-state index >= 15 is 0 Å². The molecule has 1 saturated carbocycles. The second kappa shape index (κ2) is 6.84. The maximum Gasteiger partial charge on any atom is 0.401 e. The number of alkyl halides is 3. The number of likely N-dealkylation sites (tertiary alicyclic amines) is 1. The van der Waals surface area contributed by atoms with Crippen molar-refractivity contribution < 1.29 is 22.7 Å². The lowest BCUT2D eigenvalue weighted by Gasteiger charge is -2.30. The number of halogens is 3. The molecule has 2 aliphatic heterocycles. The average Bonchev–Trinajstić information content (AvgIpc) is 3.21. The van der Waals surface area contributed by atoms with Gasteiger partial charge in [0.15, 0.2) is 0 Å². The summed E-state index contributed by atoms with van der Waals surface area (Å²) in [5.74, 6) is 0.647. The Morgan fingerprint density at radius 3 is 2.57 bits per heavy atom. The topological polar surface area (TPSA) is 53.6 Å². The van der Waals surface area contributed by atoms with Crippen LogP contribution in [0.15, 0.2) is 0 Å². The predicted octanol–water partition coefficient (Wildman–Crippen LogP) is 1.88. The van der Waals surface area contributed by atoms with Crippen LogP contribution in [0.25, 0.3) is 0 Å². The van der Waals surface area contributed by atoms with Gasteiger partial charge in [-0.3, -0.25) is 4.90 Å². The van der Waals surface area contributed by atoms with E-state index in [4.69, 9.17) is 4.74 Å². The van der Waals surface area contributed by atoms with Gasteiger partial charge < -0.3 is 15.4 Å². The van der Waals surface area contributed by atoms with Gasteiger partial charge in [-0.05, 0) is 38.0 Å². The first-order chi connectivity index (χ1) is 10.9. The zero-order valence-electron chi connectivity index (χ0n) is 13.1. The Hall–Kier alpha value is -1.02. The lowest BCUT2D eigenvalue weighted by atomic mass is 10.0. The first-order valence-electron chi connectivity index (χ1n) is 8.37. The molecule has 2 saturated heterocycles. The Morgan fingerprint density at radius 2 is 1.87 bits per heavy atom. The summed E-state index contributed by atoms with van der Waals surface area (Å²) in [6, 6.07) is -0.385. The summed E-state index contributed by atoms with van der Waals surface area (Å²) in [5, 5.41) is 5.75. The molecule has 3 fully saturated rings. The fourth-order valence-corrected chi connectivity index (χ4v) is 3.52. The number of urea groups is 1. The Balaban J connectivity index is 1.38. The maximum atomic E-state index is 12.4. The molecule has 3 aliphatic rings. The van der Waals surface area contributed by atoms with Crippen molar-refractivity contribution in [2.75, 3.05) is 26.2 Å². The average molecular weight is 335 g/mol. The molecule has 0 aromatic carbocycles. The van der Waals surface area contributed by atoms with Crippen molar-refractivity contribution >= 4 is 6.03 Å². The van der Waals surface area contributed by atoms with Crippen LogP contribution in [0.5, 0.6) is 0 Å². The molecule has 2 heterocycles. The lowest BCUT2D eigenvalue weighted by Crippen LogP contribution is -2.50. The highest BCUT2D eigenvalue weighted by molar-refractivity contribution is 5.74. The quantitative estimate of drug-likeness (QED) is 0.825. The van der Waals surface area contributed by atoms with Crippen molar-refractivity contribution in [3.05, 3.63) is 0 Å². The van der Waals surface area contributed by atoms with E-state index in [1.165, 1.54) is 17.7 Å². The SMILES string of the molecule is O=C(NC1CCOC(C2CC2)C1)NC1CCN(CC(F)(F)F)C1. The summed E-state index contributed by atoms with van der Waals surface area (Å²) in [7, 11) is 0. The highest BCUT2D eigenvalue weighted by Gasteiger charge is 2.37. The van der Waals surface area contributed by atoms with Gasteiger partial charge in [0.05, 0.1) is 12.6 Å². The Kier molecular flexibility index (Phi) is 5.01. The molecular weight excluding hydrogens is 311 g/mol. The molecule has 2 amide bonds. The molecule has 5 nitrogen and oxygen atoms in total. The highest BCUT2D eigenvalue weighted by atomic mass is 19.4. The number of rotatable bonds is 4. The number of hydrogen-bond acceptors (Lipinski definition) is 3. The van der Waals surface area contributed by atoms with Crippen LogP contribution in [0, 0.1) is 5.92 Å². The second-order valence-electron chi connectivity index (χ2n) is 6.92. The highest BCUT2D eigenvalue weighted by Crippen LogP contribution is 2.38. The van der Waals surface area contributed by atoms with E-state index in [9.17, 15) is 18.0 Å². The van der Waals surface area contributed by atoms with Gasteiger partial charge in [-0.2, -0.15) is 13.2 Å². The second-order valence-corrected chi connectivity index (χ2v) is 6.92. The monoisotopic (exact) mass is 335 g/mol. The summed E-state index contributed by atoms with van der Waals surface area (Å²) >= 11 is 0. The number of nitrogens with one attached hydrogen (secondary N) is 2. The van der Waals surface area contributed by atoms with Gasteiger partial charge in [0.1, 0.15) is 0 Å². The van der Waals surface area contributed by atoms with Crippen molar-refractivity contribution in [1.29, 1.82) is 0 Å². The summed E-state index contributed by atoms with van der Waals surface area (Å²) in [5.41, 5.74) is 0. The summed E-state index contributed by atoms with van der Waals surface area (Å²) in [4.78, 5) is 13.4. The van der Waals surface area contributed by atoms with Crippen molar-refractivity contribution in [3.63, 3.8) is 0 Å². The molecule has 1 aliphatic carbocycles. The predicted molar refractivity (Wildman–Crippen MR) is 78.1 cm³/mol. The number of carbonyl (C=O) groups is 1. The molecule has 23 heavy (non-hydrogen) atoms. The van der Waals surface area contributed by atoms with E-state index in [1.54, 1.807) is 0 Å². The Morgan fingerprint density at radius 1 is 1.13 bits per heavy atom. The molecule has 132 valence electrons. The van der Waals surface area contributed by atoms with Gasteiger partial charge >= 0.3 is 12.2 Å². The lowest BCUT2D eigenvalue weighted by molar-refractivity contribution is -0.143. The third-order valence-corrected chi connectivity index (χ3v) is 4.81. The van der Waals surface area contributed by atoms with E-state index in [1.807, 2.05) is 0 Å². The molecule has 0 aromatic rings. The van der Waals surface area contributed by atoms with Crippen molar-refractivity contribution in [2.45, 2.75) is 56.5 Å². The van der Waals surface area contributed by atoms with E-state index in [0.29, 0.717) is 25.5 Å². The fraction of sp³-hybridized carbons (Fsp3) is 0.933. The van der Waals surface area contributed by atoms with Crippen LogP contribution >= 0.6 is 0 Å². The number of nitrogens with zero attached hydrogens (tertiary/aromatic N) is 1. The number of carbonyl (C=O) groups excluding carboxylic acids is 1. The van der Waals surface area contributed by atoms with Crippen LogP contribution < -0.4 is 10.6 Å². The molecule has 0 bridgehead atoms. The minimum atomic E-state index is -4.18. The molecule has 0 spiro atoms. The van der Waals surface area contributed by atoms with E-state index in [-0.39, 0.29) is 30.8 Å². The summed E-state index contributed by atoms with van der Waals surface area (Å²) in [6.45, 7) is 0.377. The van der Waals surface area contributed by atoms with Gasteiger partial charge in [0.2, 0.25) is 0 Å². The van der Waals surface area contributed by atoms with Crippen molar-refractivity contribution in [3.8, 4) is 0 Å². The zero-order valence-corrected chi connectivity index (χ0v) is 13.1. The minimum absolute atomic E-state index is 0.0991. The minimum Gasteiger partial charge on any atom is -0.378 e. The van der Waals surface area contributed by atoms with Gasteiger partial charge in [0, 0.05) is 31.8 Å². The third-order valence-electron chi connectivity index (χ3n) is 4.81. The first kappa shape index (κ1) is 16.8. The van der Waals surface area contributed by atoms with Crippen LogP contribution in [0.4, 0.5) is 18.0 Å². The van der Waals surface area contributed by atoms with Crippen LogP contribution in [0.1, 0.15) is 32.1 Å². The molecule has 3 atom stereocenters. The normalized spacial score (nSPS) is 32.7. The van der Waals surface area contributed by atoms with Crippen molar-refractivity contribution in [2.24, 2.45) is 5.92 Å². The maximum absolute atomic E-state index is 12.4. The van der Waals surface area contributed by atoms with E-state index < -0.39 is 12.7 Å². The first-order valence-corrected chi connectivity index (χ1v) is 8.37. The van der Waals surface area contributed by atoms with Crippen LogP contribution in [-0.4, -0.2) is 61.5 Å². The third kappa shape index (κ3) is 5.24. The number of hydrogen-bond donors (Lipinski definition) is 2. The largest absolute Gasteiger partial charge is 0.401 e. The Bertz CT molecular complexity index is 429. The van der Waals surface area contributed by atoms with Gasteiger partial charge in [0.25, 0.3) is 0 Å². The van der Waals surface area contributed by atoms with E-state index in [2.05, 4.69) is 10.6 Å².